The molecule has 100 valence electrons. The maximum absolute atomic E-state index is 13.5. The summed E-state index contributed by atoms with van der Waals surface area (Å²) in [6.45, 7) is 2.09. The van der Waals surface area contributed by atoms with Crippen LogP contribution in [-0.2, 0) is 11.3 Å². The molecule has 1 heterocycles. The van der Waals surface area contributed by atoms with Gasteiger partial charge in [-0.25, -0.2) is 4.39 Å². The Bertz CT molecular complexity index is 542. The van der Waals surface area contributed by atoms with Gasteiger partial charge in [-0.3, -0.25) is 4.79 Å². The van der Waals surface area contributed by atoms with Gasteiger partial charge in [0, 0.05) is 4.90 Å². The van der Waals surface area contributed by atoms with E-state index in [9.17, 15) is 9.18 Å². The fourth-order valence-electron chi connectivity index (χ4n) is 1.52. The van der Waals surface area contributed by atoms with Crippen LogP contribution < -0.4 is 5.32 Å². The zero-order valence-electron chi connectivity index (χ0n) is 10.4. The first-order valence-corrected chi connectivity index (χ1v) is 6.76. The van der Waals surface area contributed by atoms with E-state index < -0.39 is 0 Å². The van der Waals surface area contributed by atoms with E-state index in [1.165, 1.54) is 17.8 Å². The van der Waals surface area contributed by atoms with Crippen molar-refractivity contribution in [3.05, 3.63) is 54.2 Å². The zero-order valence-corrected chi connectivity index (χ0v) is 11.2. The number of rotatable bonds is 5. The van der Waals surface area contributed by atoms with Gasteiger partial charge in [0.15, 0.2) is 0 Å². The van der Waals surface area contributed by atoms with E-state index in [2.05, 4.69) is 5.32 Å². The minimum atomic E-state index is -0.369. The normalized spacial score (nSPS) is 12.1. The van der Waals surface area contributed by atoms with Crippen molar-refractivity contribution in [2.45, 2.75) is 23.6 Å². The molecule has 2 rings (SSSR count). The number of hydrogen-bond donors (Lipinski definition) is 1. The second kappa shape index (κ2) is 6.43. The smallest absolute Gasteiger partial charge is 0.233 e. The van der Waals surface area contributed by atoms with Crippen LogP contribution in [-0.4, -0.2) is 11.2 Å². The summed E-state index contributed by atoms with van der Waals surface area (Å²) >= 11 is 1.20. The van der Waals surface area contributed by atoms with Crippen LogP contribution in [0.2, 0.25) is 0 Å². The molecule has 0 unspecified atom stereocenters. The lowest BCUT2D eigenvalue weighted by Gasteiger charge is -2.11. The first kappa shape index (κ1) is 13.7. The summed E-state index contributed by atoms with van der Waals surface area (Å²) in [5.41, 5.74) is 0. The molecule has 0 spiro atoms. The number of nitrogens with one attached hydrogen (secondary N) is 1. The average Bonchev–Trinajstić information content (AvgIpc) is 2.91. The topological polar surface area (TPSA) is 42.2 Å². The van der Waals surface area contributed by atoms with E-state index in [0.29, 0.717) is 17.2 Å². The Balaban J connectivity index is 1.87. The Morgan fingerprint density at radius 1 is 1.37 bits per heavy atom. The zero-order chi connectivity index (χ0) is 13.7. The Hall–Kier alpha value is -1.75. The number of benzene rings is 1. The highest BCUT2D eigenvalue weighted by molar-refractivity contribution is 8.00. The van der Waals surface area contributed by atoms with Crippen molar-refractivity contribution in [3.63, 3.8) is 0 Å². The van der Waals surface area contributed by atoms with E-state index in [1.807, 2.05) is 0 Å². The number of halogens is 1. The van der Waals surface area contributed by atoms with Gasteiger partial charge in [0.25, 0.3) is 0 Å². The summed E-state index contributed by atoms with van der Waals surface area (Å²) in [6.07, 6.45) is 1.55. The van der Waals surface area contributed by atoms with Crippen molar-refractivity contribution in [1.29, 1.82) is 0 Å². The van der Waals surface area contributed by atoms with Crippen LogP contribution in [0.5, 0.6) is 0 Å². The molecule has 5 heteroatoms. The molecule has 0 bridgehead atoms. The molecule has 0 saturated heterocycles. The molecule has 1 N–H and O–H groups in total. The minimum Gasteiger partial charge on any atom is -0.467 e. The average molecular weight is 279 g/mol. The van der Waals surface area contributed by atoms with E-state index in [0.717, 1.165) is 0 Å². The fourth-order valence-corrected chi connectivity index (χ4v) is 2.42. The molecule has 1 amide bonds. The monoisotopic (exact) mass is 279 g/mol. The highest BCUT2D eigenvalue weighted by Crippen LogP contribution is 2.25. The Labute approximate surface area is 115 Å². The van der Waals surface area contributed by atoms with E-state index in [1.54, 1.807) is 43.5 Å². The minimum absolute atomic E-state index is 0.148. The second-order valence-corrected chi connectivity index (χ2v) is 5.37. The molecule has 0 aliphatic heterocycles. The van der Waals surface area contributed by atoms with Crippen LogP contribution in [0.25, 0.3) is 0 Å². The van der Waals surface area contributed by atoms with Gasteiger partial charge < -0.3 is 9.73 Å². The summed E-state index contributed by atoms with van der Waals surface area (Å²) in [5.74, 6) is 0.235. The van der Waals surface area contributed by atoms with E-state index in [-0.39, 0.29) is 17.0 Å². The summed E-state index contributed by atoms with van der Waals surface area (Å²) in [5, 5.41) is 2.38. The number of hydrogen-bond acceptors (Lipinski definition) is 3. The number of thioether (sulfide) groups is 1. The molecular weight excluding hydrogens is 265 g/mol. The molecule has 1 aromatic heterocycles. The molecule has 1 aromatic carbocycles. The van der Waals surface area contributed by atoms with Crippen molar-refractivity contribution >= 4 is 17.7 Å². The Morgan fingerprint density at radius 3 is 2.84 bits per heavy atom. The third-order valence-corrected chi connectivity index (χ3v) is 3.68. The SMILES string of the molecule is C[C@@H](Sc1ccccc1F)C(=O)NCc1ccco1. The lowest BCUT2D eigenvalue weighted by molar-refractivity contribution is -0.120. The third-order valence-electron chi connectivity index (χ3n) is 2.53. The van der Waals surface area contributed by atoms with Crippen LogP contribution >= 0.6 is 11.8 Å². The van der Waals surface area contributed by atoms with Gasteiger partial charge in [-0.15, -0.1) is 11.8 Å². The molecule has 1 atom stereocenters. The molecule has 2 aromatic rings. The Kier molecular flexibility index (Phi) is 4.63. The predicted octanol–water partition coefficient (Wildman–Crippen LogP) is 3.22. The van der Waals surface area contributed by atoms with Gasteiger partial charge in [0.05, 0.1) is 18.1 Å². The molecule has 0 fully saturated rings. The number of carbonyl (C=O) groups excluding carboxylic acids is 1. The third kappa shape index (κ3) is 3.86. The largest absolute Gasteiger partial charge is 0.467 e. The van der Waals surface area contributed by atoms with Gasteiger partial charge >= 0.3 is 0 Å². The maximum atomic E-state index is 13.5. The highest BCUT2D eigenvalue weighted by atomic mass is 32.2. The van der Waals surface area contributed by atoms with Crippen LogP contribution in [0.4, 0.5) is 4.39 Å². The molecular formula is C14H14FNO2S. The quantitative estimate of drug-likeness (QED) is 0.855. The number of amides is 1. The van der Waals surface area contributed by atoms with Crippen LogP contribution in [0.1, 0.15) is 12.7 Å². The summed E-state index contributed by atoms with van der Waals surface area (Å²) in [7, 11) is 0. The summed E-state index contributed by atoms with van der Waals surface area (Å²) in [4.78, 5) is 12.3. The number of carbonyl (C=O) groups is 1. The van der Waals surface area contributed by atoms with Gasteiger partial charge in [0.2, 0.25) is 5.91 Å². The summed E-state index contributed by atoms with van der Waals surface area (Å²) in [6, 6.07) is 9.97. The van der Waals surface area contributed by atoms with Crippen molar-refractivity contribution < 1.29 is 13.6 Å². The molecule has 0 radical (unpaired) electrons. The van der Waals surface area contributed by atoms with Crippen molar-refractivity contribution in [2.24, 2.45) is 0 Å². The maximum Gasteiger partial charge on any atom is 0.233 e. The van der Waals surface area contributed by atoms with Gasteiger partial charge in [-0.2, -0.15) is 0 Å². The van der Waals surface area contributed by atoms with E-state index in [4.69, 9.17) is 4.42 Å². The lowest BCUT2D eigenvalue weighted by Crippen LogP contribution is -2.30. The Morgan fingerprint density at radius 2 is 2.16 bits per heavy atom. The predicted molar refractivity (Wildman–Crippen MR) is 72.3 cm³/mol. The van der Waals surface area contributed by atoms with Crippen molar-refractivity contribution in [3.8, 4) is 0 Å². The lowest BCUT2D eigenvalue weighted by atomic mass is 10.3. The fraction of sp³-hybridized carbons (Fsp3) is 0.214. The van der Waals surface area contributed by atoms with Gasteiger partial charge in [0.1, 0.15) is 11.6 Å². The number of furan rings is 1. The van der Waals surface area contributed by atoms with Crippen LogP contribution in [0, 0.1) is 5.82 Å². The van der Waals surface area contributed by atoms with Crippen molar-refractivity contribution in [2.75, 3.05) is 0 Å². The molecule has 0 aliphatic carbocycles. The molecule has 0 saturated carbocycles. The second-order valence-electron chi connectivity index (χ2n) is 3.99. The molecule has 0 aliphatic rings. The van der Waals surface area contributed by atoms with E-state index >= 15 is 0 Å². The standard InChI is InChI=1S/C14H14FNO2S/c1-10(19-13-7-3-2-6-12(13)15)14(17)16-9-11-5-4-8-18-11/h2-8,10H,9H2,1H3,(H,16,17)/t10-/m1/s1. The summed E-state index contributed by atoms with van der Waals surface area (Å²) < 4.78 is 18.6. The molecule has 3 nitrogen and oxygen atoms in total. The van der Waals surface area contributed by atoms with Gasteiger partial charge in [-0.05, 0) is 31.2 Å². The van der Waals surface area contributed by atoms with Gasteiger partial charge in [-0.1, -0.05) is 12.1 Å². The van der Waals surface area contributed by atoms with Crippen LogP contribution in [0.15, 0.2) is 52.0 Å². The van der Waals surface area contributed by atoms with Crippen molar-refractivity contribution in [1.82, 2.24) is 5.32 Å². The van der Waals surface area contributed by atoms with Crippen LogP contribution in [0.3, 0.4) is 0 Å². The highest BCUT2D eigenvalue weighted by Gasteiger charge is 2.16. The first-order valence-electron chi connectivity index (χ1n) is 5.88. The molecule has 19 heavy (non-hydrogen) atoms. The first-order chi connectivity index (χ1) is 9.16.